The number of carbonyl (C=O) groups excluding carboxylic acids is 1. The Morgan fingerprint density at radius 2 is 1.97 bits per heavy atom. The van der Waals surface area contributed by atoms with E-state index in [9.17, 15) is 19.5 Å². The highest BCUT2D eigenvalue weighted by Crippen LogP contribution is 2.14. The molecule has 3 aromatic rings. The molecular weight excluding hydrogens is 406 g/mol. The van der Waals surface area contributed by atoms with Crippen molar-refractivity contribution in [3.63, 3.8) is 0 Å². The first-order valence-corrected chi connectivity index (χ1v) is 11.0. The molecule has 1 amide bonds. The molecule has 0 fully saturated rings. The number of unbranched alkanes of at least 4 members (excludes halogenated alkanes) is 1. The quantitative estimate of drug-likeness (QED) is 0.503. The Bertz CT molecular complexity index is 1130. The molecule has 0 bridgehead atoms. The number of fused-ring (bicyclic) bond motifs is 1. The van der Waals surface area contributed by atoms with Gasteiger partial charge < -0.3 is 15.0 Å². The van der Waals surface area contributed by atoms with Crippen LogP contribution in [0.1, 0.15) is 43.8 Å². The van der Waals surface area contributed by atoms with Crippen LogP contribution in [0.4, 0.5) is 0 Å². The lowest BCUT2D eigenvalue weighted by atomic mass is 10.3. The molecule has 3 rings (SSSR count). The number of nitrogens with one attached hydrogen (secondary N) is 1. The van der Waals surface area contributed by atoms with Gasteiger partial charge in [0.15, 0.2) is 11.2 Å². The molecule has 9 nitrogen and oxygen atoms in total. The second-order valence-corrected chi connectivity index (χ2v) is 8.08. The van der Waals surface area contributed by atoms with Crippen molar-refractivity contribution in [1.29, 1.82) is 0 Å². The van der Waals surface area contributed by atoms with Crippen molar-refractivity contribution in [3.05, 3.63) is 49.1 Å². The van der Waals surface area contributed by atoms with Crippen molar-refractivity contribution in [2.45, 2.75) is 65.9 Å². The molecule has 2 N–H and O–H groups in total. The number of imidazole rings is 1. The molecule has 0 saturated carbocycles. The zero-order chi connectivity index (χ0) is 21.7. The second-order valence-electron chi connectivity index (χ2n) is 7.05. The molecule has 0 aliphatic carbocycles. The molecule has 10 heteroatoms. The summed E-state index contributed by atoms with van der Waals surface area (Å²) in [5.41, 5.74) is -0.596. The van der Waals surface area contributed by atoms with Gasteiger partial charge in [0, 0.05) is 18.0 Å². The third-order valence-corrected chi connectivity index (χ3v) is 5.74. The normalized spacial score (nSPS) is 11.3. The Balaban J connectivity index is 2.06. The monoisotopic (exact) mass is 433 g/mol. The summed E-state index contributed by atoms with van der Waals surface area (Å²) in [7, 11) is 0. The summed E-state index contributed by atoms with van der Waals surface area (Å²) in [5, 5.41) is 14.4. The number of nitrogens with zero attached hydrogens (tertiary/aromatic N) is 4. The maximum Gasteiger partial charge on any atom is 0.333 e. The van der Waals surface area contributed by atoms with Gasteiger partial charge in [-0.15, -0.1) is 11.3 Å². The van der Waals surface area contributed by atoms with Crippen LogP contribution in [0.3, 0.4) is 0 Å². The third kappa shape index (κ3) is 4.39. The molecule has 0 spiro atoms. The fourth-order valence-corrected chi connectivity index (χ4v) is 4.02. The maximum atomic E-state index is 13.2. The Hall–Kier alpha value is -2.72. The van der Waals surface area contributed by atoms with E-state index < -0.39 is 17.2 Å². The summed E-state index contributed by atoms with van der Waals surface area (Å²) in [6, 6.07) is 3.80. The van der Waals surface area contributed by atoms with Crippen LogP contribution in [0.25, 0.3) is 11.2 Å². The number of aliphatic hydroxyl groups excluding tert-OH is 1. The van der Waals surface area contributed by atoms with E-state index in [2.05, 4.69) is 10.3 Å². The predicted molar refractivity (Wildman–Crippen MR) is 116 cm³/mol. The Kier molecular flexibility index (Phi) is 7.22. The third-order valence-electron chi connectivity index (χ3n) is 4.86. The van der Waals surface area contributed by atoms with E-state index >= 15 is 0 Å². The van der Waals surface area contributed by atoms with Crippen molar-refractivity contribution in [2.24, 2.45) is 0 Å². The van der Waals surface area contributed by atoms with Crippen LogP contribution in [-0.4, -0.2) is 29.7 Å². The Morgan fingerprint density at radius 1 is 1.17 bits per heavy atom. The van der Waals surface area contributed by atoms with E-state index in [0.29, 0.717) is 25.5 Å². The highest BCUT2D eigenvalue weighted by molar-refractivity contribution is 7.09. The minimum absolute atomic E-state index is 0.252. The van der Waals surface area contributed by atoms with Gasteiger partial charge in [-0.2, -0.15) is 0 Å². The van der Waals surface area contributed by atoms with E-state index in [0.717, 1.165) is 28.7 Å². The summed E-state index contributed by atoms with van der Waals surface area (Å²) >= 11 is 1.52. The number of thiophene rings is 1. The topological polar surface area (TPSA) is 111 Å². The summed E-state index contributed by atoms with van der Waals surface area (Å²) in [4.78, 5) is 44.1. The highest BCUT2D eigenvalue weighted by Gasteiger charge is 2.22. The zero-order valence-corrected chi connectivity index (χ0v) is 18.1. The van der Waals surface area contributed by atoms with Gasteiger partial charge in [0.25, 0.3) is 5.56 Å². The van der Waals surface area contributed by atoms with Gasteiger partial charge in [0.2, 0.25) is 5.91 Å². The molecule has 0 unspecified atom stereocenters. The summed E-state index contributed by atoms with van der Waals surface area (Å²) in [6.45, 7) is 4.48. The van der Waals surface area contributed by atoms with Crippen LogP contribution in [0.2, 0.25) is 0 Å². The average molecular weight is 434 g/mol. The fraction of sp³-hybridized carbons (Fsp3) is 0.500. The zero-order valence-electron chi connectivity index (χ0n) is 17.3. The van der Waals surface area contributed by atoms with Crippen molar-refractivity contribution in [2.75, 3.05) is 0 Å². The van der Waals surface area contributed by atoms with E-state index in [-0.39, 0.29) is 24.3 Å². The molecule has 3 aromatic heterocycles. The Labute approximate surface area is 177 Å². The second kappa shape index (κ2) is 9.86. The molecule has 0 aliphatic rings. The summed E-state index contributed by atoms with van der Waals surface area (Å²) in [6.07, 6.45) is 2.32. The molecule has 162 valence electrons. The lowest BCUT2D eigenvalue weighted by Crippen LogP contribution is -2.44. The van der Waals surface area contributed by atoms with Crippen LogP contribution < -0.4 is 16.6 Å². The molecule has 0 aromatic carbocycles. The molecule has 30 heavy (non-hydrogen) atoms. The first-order chi connectivity index (χ1) is 14.5. The lowest BCUT2D eigenvalue weighted by molar-refractivity contribution is -0.121. The van der Waals surface area contributed by atoms with Gasteiger partial charge in [-0.05, 0) is 24.3 Å². The van der Waals surface area contributed by atoms with Gasteiger partial charge in [-0.3, -0.25) is 14.2 Å². The van der Waals surface area contributed by atoms with Crippen LogP contribution in [0.5, 0.6) is 0 Å². The number of hydrogen-bond donors (Lipinski definition) is 2. The van der Waals surface area contributed by atoms with Crippen molar-refractivity contribution >= 4 is 28.4 Å². The number of amides is 1. The summed E-state index contributed by atoms with van der Waals surface area (Å²) in [5.74, 6) is -0.0681. The minimum atomic E-state index is -0.560. The minimum Gasteiger partial charge on any atom is -0.388 e. The number of aromatic nitrogens is 4. The van der Waals surface area contributed by atoms with Crippen molar-refractivity contribution in [1.82, 2.24) is 24.0 Å². The number of hydrogen-bond acceptors (Lipinski definition) is 6. The van der Waals surface area contributed by atoms with Crippen LogP contribution >= 0.6 is 11.3 Å². The first kappa shape index (κ1) is 22.0. The number of aliphatic hydroxyl groups is 1. The SMILES string of the molecule is CCCCn1c(=O)n(CC(=O)NCc2cccs2)c(=O)c2c1nc(CO)n2CCC. The lowest BCUT2D eigenvalue weighted by Gasteiger charge is -2.12. The van der Waals surface area contributed by atoms with Gasteiger partial charge in [-0.25, -0.2) is 14.3 Å². The number of rotatable bonds is 10. The van der Waals surface area contributed by atoms with E-state index in [1.54, 1.807) is 4.57 Å². The first-order valence-electron chi connectivity index (χ1n) is 10.1. The number of aryl methyl sites for hydroxylation is 2. The fourth-order valence-electron chi connectivity index (χ4n) is 3.38. The molecule has 3 heterocycles. The molecular formula is C20H27N5O4S. The van der Waals surface area contributed by atoms with Gasteiger partial charge in [-0.1, -0.05) is 26.3 Å². The largest absolute Gasteiger partial charge is 0.388 e. The smallest absolute Gasteiger partial charge is 0.333 e. The predicted octanol–water partition coefficient (Wildman–Crippen LogP) is 1.44. The van der Waals surface area contributed by atoms with E-state index in [1.807, 2.05) is 31.4 Å². The van der Waals surface area contributed by atoms with Crippen molar-refractivity contribution in [3.8, 4) is 0 Å². The van der Waals surface area contributed by atoms with E-state index in [4.69, 9.17) is 0 Å². The number of carbonyl (C=O) groups is 1. The van der Waals surface area contributed by atoms with Gasteiger partial charge in [0.1, 0.15) is 19.0 Å². The average Bonchev–Trinajstić information content (AvgIpc) is 3.38. The highest BCUT2D eigenvalue weighted by atomic mass is 32.1. The summed E-state index contributed by atoms with van der Waals surface area (Å²) < 4.78 is 4.06. The maximum absolute atomic E-state index is 13.2. The molecule has 0 atom stereocenters. The van der Waals surface area contributed by atoms with Crippen molar-refractivity contribution < 1.29 is 9.90 Å². The van der Waals surface area contributed by atoms with Crippen LogP contribution in [0.15, 0.2) is 27.1 Å². The molecule has 0 radical (unpaired) electrons. The Morgan fingerprint density at radius 3 is 2.60 bits per heavy atom. The van der Waals surface area contributed by atoms with Gasteiger partial charge in [0.05, 0.1) is 6.54 Å². The van der Waals surface area contributed by atoms with Crippen LogP contribution in [-0.2, 0) is 37.6 Å². The van der Waals surface area contributed by atoms with E-state index in [1.165, 1.54) is 15.9 Å². The van der Waals surface area contributed by atoms with Gasteiger partial charge >= 0.3 is 5.69 Å². The standard InChI is InChI=1S/C20H27N5O4S/c1-3-5-9-24-18-17(23(8-4-2)15(13-26)22-18)19(28)25(20(24)29)12-16(27)21-11-14-7-6-10-30-14/h6-7,10,26H,3-5,8-9,11-13H2,1-2H3,(H,21,27). The molecule has 0 saturated heterocycles. The molecule has 0 aliphatic heterocycles. The van der Waals surface area contributed by atoms with Crippen LogP contribution in [0, 0.1) is 0 Å².